The summed E-state index contributed by atoms with van der Waals surface area (Å²) in [6, 6.07) is 0. The van der Waals surface area contributed by atoms with E-state index in [0.29, 0.717) is 0 Å². The molecular weight excluding hydrogens is 702 g/mol. The van der Waals surface area contributed by atoms with E-state index in [2.05, 4.69) is 4.72 Å². The van der Waals surface area contributed by atoms with Gasteiger partial charge in [-0.15, -0.1) is 0 Å². The summed E-state index contributed by atoms with van der Waals surface area (Å²) in [5.41, 5.74) is -2.38. The Kier molecular flexibility index (Phi) is 15.0. The van der Waals surface area contributed by atoms with Gasteiger partial charge in [0.05, 0.1) is 0 Å². The molecule has 2 aliphatic heterocycles. The smallest absolute Gasteiger partial charge is 0.303 e. The van der Waals surface area contributed by atoms with Gasteiger partial charge in [0, 0.05) is 55.4 Å². The van der Waals surface area contributed by atoms with Crippen LogP contribution in [-0.2, 0) is 95.7 Å². The maximum absolute atomic E-state index is 14.2. The molecule has 2 aliphatic rings. The lowest BCUT2D eigenvalue weighted by molar-refractivity contribution is -0.255. The summed E-state index contributed by atoms with van der Waals surface area (Å²) in [6.07, 6.45) is -16.3. The fraction of sp³-hybridized carbons (Fsp3) is 0.714. The van der Waals surface area contributed by atoms with Crippen molar-refractivity contribution in [1.82, 2.24) is 4.72 Å². The van der Waals surface area contributed by atoms with E-state index in [9.17, 15) is 46.8 Å². The van der Waals surface area contributed by atoms with Crippen molar-refractivity contribution >= 4 is 57.8 Å². The van der Waals surface area contributed by atoms with E-state index in [4.69, 9.17) is 47.4 Å². The largest absolute Gasteiger partial charge is 0.463 e. The number of carbonyl (C=O) groups excluding carboxylic acids is 8. The fourth-order valence-corrected chi connectivity index (χ4v) is 6.49. The van der Waals surface area contributed by atoms with Crippen molar-refractivity contribution in [2.24, 2.45) is 0 Å². The van der Waals surface area contributed by atoms with Gasteiger partial charge in [-0.3, -0.25) is 38.4 Å². The second kappa shape index (κ2) is 18.0. The second-order valence-corrected chi connectivity index (χ2v) is 12.6. The molecule has 0 saturated carbocycles. The van der Waals surface area contributed by atoms with Crippen LogP contribution in [0.15, 0.2) is 0 Å². The molecule has 0 unspecified atom stereocenters. The van der Waals surface area contributed by atoms with E-state index in [0.717, 1.165) is 55.4 Å². The zero-order valence-electron chi connectivity index (χ0n) is 28.3. The van der Waals surface area contributed by atoms with Gasteiger partial charge in [-0.25, -0.2) is 8.42 Å². The van der Waals surface area contributed by atoms with Gasteiger partial charge in [-0.05, 0) is 0 Å². The lowest BCUT2D eigenvalue weighted by atomic mass is 9.97. The van der Waals surface area contributed by atoms with E-state index < -0.39 is 131 Å². The van der Waals surface area contributed by atoms with Gasteiger partial charge in [0.25, 0.3) is 0 Å². The summed E-state index contributed by atoms with van der Waals surface area (Å²) in [5, 5.41) is 0. The maximum Gasteiger partial charge on any atom is 0.303 e. The Labute approximate surface area is 285 Å². The molecule has 0 aromatic carbocycles. The fourth-order valence-electron chi connectivity index (χ4n) is 4.99. The number of carbonyl (C=O) groups is 8. The standard InChI is InChI=1S/C28H39NO20S/c1-11(30)40-9-19-21(42-13(3)32)23(44-15(5)34)25(46-17(7)36)27(48-19)29-50(38,39)28-26(47-18(8)37)24(45-16(6)35)22(43-14(4)33)20(49-28)10-41-12(2)31/h19-29H,9-10H2,1-8H3/t19-,20-,21-,22-,23+,24+,25-,26-,27-,28+/m1/s1. The molecule has 2 heterocycles. The van der Waals surface area contributed by atoms with Crippen LogP contribution in [-0.4, -0.2) is 130 Å². The first-order valence-electron chi connectivity index (χ1n) is 14.7. The molecule has 21 nitrogen and oxygen atoms in total. The predicted octanol–water partition coefficient (Wildman–Crippen LogP) is -1.93. The highest BCUT2D eigenvalue weighted by Crippen LogP contribution is 2.34. The molecule has 282 valence electrons. The molecule has 10 atom stereocenters. The van der Waals surface area contributed by atoms with E-state index in [1.54, 1.807) is 0 Å². The number of hydrogen-bond donors (Lipinski definition) is 1. The molecule has 0 bridgehead atoms. The van der Waals surface area contributed by atoms with Crippen molar-refractivity contribution in [2.45, 2.75) is 116 Å². The van der Waals surface area contributed by atoms with Crippen LogP contribution in [0.1, 0.15) is 55.4 Å². The Balaban J connectivity index is 2.73. The summed E-state index contributed by atoms with van der Waals surface area (Å²) in [4.78, 5) is 96.1. The number of sulfonamides is 1. The van der Waals surface area contributed by atoms with Crippen molar-refractivity contribution < 1.29 is 94.1 Å². The predicted molar refractivity (Wildman–Crippen MR) is 156 cm³/mol. The van der Waals surface area contributed by atoms with E-state index in [1.165, 1.54) is 0 Å². The lowest BCUT2D eigenvalue weighted by Crippen LogP contribution is -2.69. The first-order valence-corrected chi connectivity index (χ1v) is 16.3. The van der Waals surface area contributed by atoms with Crippen LogP contribution >= 0.6 is 0 Å². The Hall–Kier alpha value is -4.41. The van der Waals surface area contributed by atoms with Crippen molar-refractivity contribution in [2.75, 3.05) is 13.2 Å². The Morgan fingerprint density at radius 3 is 1.16 bits per heavy atom. The average molecular weight is 742 g/mol. The number of ether oxygens (including phenoxy) is 10. The van der Waals surface area contributed by atoms with Crippen LogP contribution in [0.5, 0.6) is 0 Å². The van der Waals surface area contributed by atoms with Crippen molar-refractivity contribution in [3.63, 3.8) is 0 Å². The van der Waals surface area contributed by atoms with Crippen LogP contribution in [0, 0.1) is 0 Å². The number of rotatable bonds is 13. The summed E-state index contributed by atoms with van der Waals surface area (Å²) < 4.78 is 83.4. The second-order valence-electron chi connectivity index (χ2n) is 10.9. The first kappa shape index (κ1) is 41.8. The van der Waals surface area contributed by atoms with Gasteiger partial charge >= 0.3 is 47.8 Å². The molecule has 0 aromatic heterocycles. The molecule has 2 rings (SSSR count). The van der Waals surface area contributed by atoms with Gasteiger partial charge in [0.1, 0.15) is 25.4 Å². The summed E-state index contributed by atoms with van der Waals surface area (Å²) in [6.45, 7) is 6.19. The summed E-state index contributed by atoms with van der Waals surface area (Å²) >= 11 is 0. The van der Waals surface area contributed by atoms with Crippen molar-refractivity contribution in [3.8, 4) is 0 Å². The number of esters is 8. The quantitative estimate of drug-likeness (QED) is 0.159. The minimum atomic E-state index is -5.18. The van der Waals surface area contributed by atoms with Gasteiger partial charge in [0.15, 0.2) is 42.9 Å². The van der Waals surface area contributed by atoms with E-state index in [1.807, 2.05) is 0 Å². The molecule has 50 heavy (non-hydrogen) atoms. The summed E-state index contributed by atoms with van der Waals surface area (Å²) in [5.74, 6) is -7.81. The van der Waals surface area contributed by atoms with Crippen LogP contribution in [0.25, 0.3) is 0 Å². The number of nitrogens with one attached hydrogen (secondary N) is 1. The molecule has 2 fully saturated rings. The molecule has 22 heteroatoms. The third-order valence-electron chi connectivity index (χ3n) is 6.53. The normalized spacial score (nSPS) is 29.3. The van der Waals surface area contributed by atoms with Crippen LogP contribution < -0.4 is 4.72 Å². The monoisotopic (exact) mass is 741 g/mol. The zero-order valence-corrected chi connectivity index (χ0v) is 29.1. The van der Waals surface area contributed by atoms with Gasteiger partial charge in [-0.2, -0.15) is 4.72 Å². The third kappa shape index (κ3) is 12.2. The van der Waals surface area contributed by atoms with Crippen LogP contribution in [0.3, 0.4) is 0 Å². The van der Waals surface area contributed by atoms with E-state index in [-0.39, 0.29) is 0 Å². The van der Waals surface area contributed by atoms with Crippen LogP contribution in [0.2, 0.25) is 0 Å². The van der Waals surface area contributed by atoms with Gasteiger partial charge in [-0.1, -0.05) is 0 Å². The molecule has 0 amide bonds. The summed E-state index contributed by atoms with van der Waals surface area (Å²) in [7, 11) is -5.18. The lowest BCUT2D eigenvalue weighted by Gasteiger charge is -2.46. The Morgan fingerprint density at radius 2 is 0.780 bits per heavy atom. The maximum atomic E-state index is 14.2. The van der Waals surface area contributed by atoms with Crippen molar-refractivity contribution in [3.05, 3.63) is 0 Å². The highest BCUT2D eigenvalue weighted by molar-refractivity contribution is 7.90. The SMILES string of the molecule is CC(=O)OC[C@H]1O[C@@H](NS(=O)(=O)[C@@H]2O[C@H](COC(C)=O)[C@@H](OC(C)=O)[C@H](OC(C)=O)[C@H]2OC(C)=O)[C@H](OC(C)=O)[C@@H](OC(C)=O)[C@@H]1OC(C)=O. The van der Waals surface area contributed by atoms with Crippen molar-refractivity contribution in [1.29, 1.82) is 0 Å². The average Bonchev–Trinajstić information content (AvgIpc) is 2.94. The highest BCUT2D eigenvalue weighted by atomic mass is 32.2. The molecule has 0 aliphatic carbocycles. The molecule has 0 radical (unpaired) electrons. The van der Waals surface area contributed by atoms with Crippen LogP contribution in [0.4, 0.5) is 0 Å². The molecule has 2 saturated heterocycles. The third-order valence-corrected chi connectivity index (χ3v) is 8.08. The molecular formula is C28H39NO20S. The molecule has 1 N–H and O–H groups in total. The van der Waals surface area contributed by atoms with E-state index >= 15 is 0 Å². The Bertz CT molecular complexity index is 1430. The molecule has 0 aromatic rings. The van der Waals surface area contributed by atoms with Gasteiger partial charge in [0.2, 0.25) is 15.5 Å². The highest BCUT2D eigenvalue weighted by Gasteiger charge is 2.59. The Morgan fingerprint density at radius 1 is 0.460 bits per heavy atom. The number of hydrogen-bond acceptors (Lipinski definition) is 20. The minimum absolute atomic E-state index is 0.699. The molecule has 0 spiro atoms. The zero-order chi connectivity index (χ0) is 38.1. The topological polar surface area (TPSA) is 275 Å². The van der Waals surface area contributed by atoms with Gasteiger partial charge < -0.3 is 47.4 Å². The minimum Gasteiger partial charge on any atom is -0.463 e. The first-order chi connectivity index (χ1) is 23.1.